The normalized spacial score (nSPS) is 19.4. The fourth-order valence-electron chi connectivity index (χ4n) is 3.14. The second-order valence-corrected chi connectivity index (χ2v) is 8.85. The van der Waals surface area contributed by atoms with Crippen molar-refractivity contribution in [3.63, 3.8) is 0 Å². The minimum atomic E-state index is -3.71. The Morgan fingerprint density at radius 1 is 1.24 bits per heavy atom. The van der Waals surface area contributed by atoms with Gasteiger partial charge in [0.15, 0.2) is 0 Å². The summed E-state index contributed by atoms with van der Waals surface area (Å²) in [6.07, 6.45) is 1.99. The number of hydrogen-bond donors (Lipinski definition) is 3. The molecule has 0 aliphatic carbocycles. The molecule has 2 aliphatic heterocycles. The second kappa shape index (κ2) is 7.41. The van der Waals surface area contributed by atoms with E-state index in [1.54, 1.807) is 18.2 Å². The highest BCUT2D eigenvalue weighted by Gasteiger charge is 2.27. The quantitative estimate of drug-likeness (QED) is 0.680. The van der Waals surface area contributed by atoms with Crippen molar-refractivity contribution < 1.29 is 17.9 Å². The molecular formula is C17H25N3O4S. The number of amides is 1. The summed E-state index contributed by atoms with van der Waals surface area (Å²) in [6.45, 7) is 5.27. The van der Waals surface area contributed by atoms with Gasteiger partial charge in [-0.25, -0.2) is 13.1 Å². The lowest BCUT2D eigenvalue weighted by Gasteiger charge is -2.34. The molecular weight excluding hydrogens is 342 g/mol. The molecule has 0 radical (unpaired) electrons. The summed E-state index contributed by atoms with van der Waals surface area (Å²) in [5.74, 6) is -0.312. The van der Waals surface area contributed by atoms with Crippen molar-refractivity contribution in [3.05, 3.63) is 29.3 Å². The van der Waals surface area contributed by atoms with E-state index >= 15 is 0 Å². The van der Waals surface area contributed by atoms with E-state index in [9.17, 15) is 13.2 Å². The Morgan fingerprint density at radius 2 is 1.96 bits per heavy atom. The van der Waals surface area contributed by atoms with Crippen LogP contribution in [0.2, 0.25) is 0 Å². The van der Waals surface area contributed by atoms with E-state index in [1.165, 1.54) is 0 Å². The van der Waals surface area contributed by atoms with Crippen LogP contribution in [-0.2, 0) is 32.8 Å². The number of nitrogens with one attached hydrogen (secondary N) is 3. The maximum atomic E-state index is 12.4. The van der Waals surface area contributed by atoms with Crippen LogP contribution in [0, 0.1) is 5.41 Å². The van der Waals surface area contributed by atoms with E-state index in [4.69, 9.17) is 4.74 Å². The first-order valence-electron chi connectivity index (χ1n) is 8.55. The zero-order valence-corrected chi connectivity index (χ0v) is 15.2. The smallest absolute Gasteiger partial charge is 0.241 e. The number of carbonyl (C=O) groups excluding carboxylic acids is 1. The van der Waals surface area contributed by atoms with E-state index in [0.29, 0.717) is 19.8 Å². The minimum absolute atomic E-state index is 0.0692. The van der Waals surface area contributed by atoms with Crippen molar-refractivity contribution in [3.8, 4) is 0 Å². The molecule has 8 heteroatoms. The Balaban J connectivity index is 1.52. The molecule has 0 bridgehead atoms. The average Bonchev–Trinajstić information content (AvgIpc) is 3.07. The zero-order chi connectivity index (χ0) is 17.9. The van der Waals surface area contributed by atoms with Crippen molar-refractivity contribution in [2.75, 3.05) is 26.2 Å². The van der Waals surface area contributed by atoms with Crippen molar-refractivity contribution in [2.45, 2.75) is 37.9 Å². The molecule has 1 amide bonds. The Labute approximate surface area is 148 Å². The Hall–Kier alpha value is -1.48. The first kappa shape index (κ1) is 18.3. The molecule has 0 unspecified atom stereocenters. The van der Waals surface area contributed by atoms with Gasteiger partial charge in [-0.3, -0.25) is 4.79 Å². The third-order valence-corrected chi connectivity index (χ3v) is 6.35. The van der Waals surface area contributed by atoms with Gasteiger partial charge in [0.1, 0.15) is 0 Å². The van der Waals surface area contributed by atoms with Crippen LogP contribution in [-0.4, -0.2) is 40.5 Å². The van der Waals surface area contributed by atoms with Gasteiger partial charge in [-0.1, -0.05) is 13.0 Å². The van der Waals surface area contributed by atoms with Gasteiger partial charge in [0, 0.05) is 6.54 Å². The first-order valence-corrected chi connectivity index (χ1v) is 10.0. The van der Waals surface area contributed by atoms with E-state index in [1.807, 2.05) is 0 Å². The zero-order valence-electron chi connectivity index (χ0n) is 14.4. The predicted molar refractivity (Wildman–Crippen MR) is 93.3 cm³/mol. The number of ether oxygens (including phenoxy) is 1. The molecule has 1 aromatic rings. The molecule has 3 N–H and O–H groups in total. The third kappa shape index (κ3) is 4.58. The number of carbonyl (C=O) groups is 1. The van der Waals surface area contributed by atoms with Crippen LogP contribution in [0.4, 0.5) is 0 Å². The standard InChI is InChI=1S/C17H25N3O4S/c1-17(4-6-18-7-5-17)12-19-16(21)9-20-25(22,23)15-3-2-13-10-24-11-14(13)8-15/h2-3,8,18,20H,4-7,9-12H2,1H3,(H,19,21). The lowest BCUT2D eigenvalue weighted by Crippen LogP contribution is -2.45. The molecule has 1 saturated heterocycles. The maximum Gasteiger partial charge on any atom is 0.241 e. The van der Waals surface area contributed by atoms with Gasteiger partial charge in [-0.15, -0.1) is 0 Å². The molecule has 0 spiro atoms. The van der Waals surface area contributed by atoms with Crippen LogP contribution in [0.5, 0.6) is 0 Å². The molecule has 0 atom stereocenters. The summed E-state index contributed by atoms with van der Waals surface area (Å²) in [5.41, 5.74) is 1.96. The van der Waals surface area contributed by atoms with Crippen molar-refractivity contribution in [1.82, 2.24) is 15.4 Å². The Morgan fingerprint density at radius 3 is 2.72 bits per heavy atom. The molecule has 3 rings (SSSR count). The van der Waals surface area contributed by atoms with Gasteiger partial charge < -0.3 is 15.4 Å². The maximum absolute atomic E-state index is 12.4. The van der Waals surface area contributed by atoms with Gasteiger partial charge in [0.2, 0.25) is 15.9 Å². The largest absolute Gasteiger partial charge is 0.372 e. The molecule has 1 aromatic carbocycles. The van der Waals surface area contributed by atoms with E-state index in [2.05, 4.69) is 22.3 Å². The number of sulfonamides is 1. The summed E-state index contributed by atoms with van der Waals surface area (Å²) in [7, 11) is -3.71. The monoisotopic (exact) mass is 367 g/mol. The second-order valence-electron chi connectivity index (χ2n) is 7.09. The number of piperidine rings is 1. The average molecular weight is 367 g/mol. The number of rotatable bonds is 6. The van der Waals surface area contributed by atoms with Crippen LogP contribution in [0.3, 0.4) is 0 Å². The summed E-state index contributed by atoms with van der Waals surface area (Å²) in [6, 6.07) is 4.91. The van der Waals surface area contributed by atoms with Gasteiger partial charge in [-0.05, 0) is 54.6 Å². The molecule has 138 valence electrons. The highest BCUT2D eigenvalue weighted by atomic mass is 32.2. The van der Waals surface area contributed by atoms with Gasteiger partial charge >= 0.3 is 0 Å². The number of hydrogen-bond acceptors (Lipinski definition) is 5. The predicted octanol–water partition coefficient (Wildman–Crippen LogP) is 0.501. The van der Waals surface area contributed by atoms with Gasteiger partial charge in [-0.2, -0.15) is 0 Å². The van der Waals surface area contributed by atoms with Gasteiger partial charge in [0.05, 0.1) is 24.7 Å². The molecule has 2 heterocycles. The topological polar surface area (TPSA) is 96.5 Å². The molecule has 0 aromatic heterocycles. The summed E-state index contributed by atoms with van der Waals surface area (Å²) in [5, 5.41) is 6.14. The lowest BCUT2D eigenvalue weighted by molar-refractivity contribution is -0.120. The van der Waals surface area contributed by atoms with Crippen LogP contribution < -0.4 is 15.4 Å². The Bertz CT molecular complexity index is 742. The minimum Gasteiger partial charge on any atom is -0.372 e. The molecule has 25 heavy (non-hydrogen) atoms. The first-order chi connectivity index (χ1) is 11.9. The van der Waals surface area contributed by atoms with E-state index in [-0.39, 0.29) is 22.8 Å². The summed E-state index contributed by atoms with van der Waals surface area (Å²) >= 11 is 0. The lowest BCUT2D eigenvalue weighted by atomic mass is 9.81. The molecule has 1 fully saturated rings. The van der Waals surface area contributed by atoms with Crippen LogP contribution in [0.25, 0.3) is 0 Å². The number of fused-ring (bicyclic) bond motifs is 1. The number of benzene rings is 1. The fourth-order valence-corrected chi connectivity index (χ4v) is 4.17. The highest BCUT2D eigenvalue weighted by Crippen LogP contribution is 2.26. The molecule has 2 aliphatic rings. The van der Waals surface area contributed by atoms with Crippen LogP contribution in [0.15, 0.2) is 23.1 Å². The highest BCUT2D eigenvalue weighted by molar-refractivity contribution is 7.89. The van der Waals surface area contributed by atoms with E-state index < -0.39 is 10.0 Å². The van der Waals surface area contributed by atoms with Crippen molar-refractivity contribution >= 4 is 15.9 Å². The van der Waals surface area contributed by atoms with Gasteiger partial charge in [0.25, 0.3) is 0 Å². The summed E-state index contributed by atoms with van der Waals surface area (Å²) in [4.78, 5) is 12.2. The van der Waals surface area contributed by atoms with E-state index in [0.717, 1.165) is 37.1 Å². The fraction of sp³-hybridized carbons (Fsp3) is 0.588. The summed E-state index contributed by atoms with van der Waals surface area (Å²) < 4.78 is 32.4. The SMILES string of the molecule is CC1(CNC(=O)CNS(=O)(=O)c2ccc3c(c2)COC3)CCNCC1. The van der Waals surface area contributed by atoms with Crippen LogP contribution >= 0.6 is 0 Å². The van der Waals surface area contributed by atoms with Crippen LogP contribution in [0.1, 0.15) is 30.9 Å². The van der Waals surface area contributed by atoms with Crippen molar-refractivity contribution in [2.24, 2.45) is 5.41 Å². The third-order valence-electron chi connectivity index (χ3n) is 4.95. The molecule has 0 saturated carbocycles. The Kier molecular flexibility index (Phi) is 5.43. The molecule has 7 nitrogen and oxygen atoms in total. The van der Waals surface area contributed by atoms with Crippen molar-refractivity contribution in [1.29, 1.82) is 0 Å².